The van der Waals surface area contributed by atoms with Crippen LogP contribution in [0.15, 0.2) is 84.1 Å². The van der Waals surface area contributed by atoms with Crippen LogP contribution in [0, 0.1) is 11.8 Å². The van der Waals surface area contributed by atoms with E-state index in [-0.39, 0.29) is 61.4 Å². The molecule has 3 aliphatic rings. The fourth-order valence-corrected chi connectivity index (χ4v) is 11.2. The number of ether oxygens (including phenoxy) is 2. The van der Waals surface area contributed by atoms with Crippen molar-refractivity contribution < 1.29 is 72.7 Å². The van der Waals surface area contributed by atoms with Gasteiger partial charge >= 0.3 is 5.97 Å². The fraction of sp³-hybridized carbons (Fsp3) is 0.484. The van der Waals surface area contributed by atoms with Crippen molar-refractivity contribution in [1.82, 2.24) is 50.7 Å². The summed E-state index contributed by atoms with van der Waals surface area (Å²) < 4.78 is 12.2. The number of likely N-dealkylation sites (tertiary alicyclic amines) is 1. The third-order valence-corrected chi connectivity index (χ3v) is 16.1. The number of phenols is 2. The number of amides is 9. The van der Waals surface area contributed by atoms with E-state index < -0.39 is 128 Å². The molecule has 4 aromatic rings. The van der Waals surface area contributed by atoms with Gasteiger partial charge in [-0.3, -0.25) is 48.5 Å². The highest BCUT2D eigenvalue weighted by Gasteiger charge is 2.41. The summed E-state index contributed by atoms with van der Waals surface area (Å²) in [4.78, 5) is 146. The van der Waals surface area contributed by atoms with Gasteiger partial charge < -0.3 is 70.1 Å². The predicted molar refractivity (Wildman–Crippen MR) is 319 cm³/mol. The van der Waals surface area contributed by atoms with Gasteiger partial charge in [0.05, 0.1) is 50.1 Å². The lowest BCUT2D eigenvalue weighted by molar-refractivity contribution is -0.159. The van der Waals surface area contributed by atoms with Gasteiger partial charge in [-0.25, -0.2) is 4.79 Å². The van der Waals surface area contributed by atoms with Crippen molar-refractivity contribution in [2.45, 2.75) is 90.0 Å². The van der Waals surface area contributed by atoms with Crippen LogP contribution < -0.4 is 21.3 Å². The summed E-state index contributed by atoms with van der Waals surface area (Å²) in [5.41, 5.74) is 0.604. The van der Waals surface area contributed by atoms with Crippen LogP contribution in [0.2, 0.25) is 0 Å². The molecule has 7 N–H and O–H groups in total. The van der Waals surface area contributed by atoms with E-state index >= 15 is 0 Å². The first kappa shape index (κ1) is 65.7. The van der Waals surface area contributed by atoms with Crippen molar-refractivity contribution in [3.8, 4) is 11.5 Å². The SMILES string of the molecule is CC(C)[C@@H](C(=O)OC[C@@H](NC(=O)c1cc2ccccc2cc1O)C(=O)N1CCCC[C@H]1C(=O)NCC(=O)N(C)CC(=O)N(C)[C@H](C1=C2CCCN(C2)C(=O)[C@H](NC(=O)c2cc3ccccc3cc2O)CO1)C(C)C)N(C)C(=O)CN(C)C(=O)CNCO. The summed E-state index contributed by atoms with van der Waals surface area (Å²) in [7, 11) is 5.72. The quantitative estimate of drug-likeness (QED) is 0.0410. The zero-order chi connectivity index (χ0) is 63.4. The normalized spacial score (nSPS) is 17.1. The van der Waals surface area contributed by atoms with Crippen LogP contribution in [0.4, 0.5) is 0 Å². The summed E-state index contributed by atoms with van der Waals surface area (Å²) >= 11 is 0. The minimum absolute atomic E-state index is 0.0111. The lowest BCUT2D eigenvalue weighted by atomic mass is 9.92. The molecule has 0 saturated carbocycles. The molecule has 3 aliphatic heterocycles. The van der Waals surface area contributed by atoms with Crippen molar-refractivity contribution in [3.63, 3.8) is 0 Å². The Morgan fingerprint density at radius 1 is 0.701 bits per heavy atom. The van der Waals surface area contributed by atoms with E-state index in [1.165, 1.54) is 49.1 Å². The Hall–Kier alpha value is -8.84. The van der Waals surface area contributed by atoms with Crippen LogP contribution in [0.5, 0.6) is 11.5 Å². The van der Waals surface area contributed by atoms with Crippen molar-refractivity contribution in [3.05, 3.63) is 95.3 Å². The second-order valence-corrected chi connectivity index (χ2v) is 23.0. The maximum atomic E-state index is 14.8. The molecule has 0 aliphatic carbocycles. The summed E-state index contributed by atoms with van der Waals surface area (Å²) in [6, 6.07) is 14.2. The smallest absolute Gasteiger partial charge is 0.329 e. The number of phenolic OH excluding ortho intramolecular Hbond substituents is 2. The van der Waals surface area contributed by atoms with Gasteiger partial charge in [0.1, 0.15) is 54.6 Å². The predicted octanol–water partition coefficient (Wildman–Crippen LogP) is 1.67. The van der Waals surface area contributed by atoms with Crippen LogP contribution in [-0.2, 0) is 47.8 Å². The summed E-state index contributed by atoms with van der Waals surface area (Å²) in [5, 5.41) is 44.0. The number of aliphatic hydroxyl groups excluding tert-OH is 1. The Morgan fingerprint density at radius 2 is 1.26 bits per heavy atom. The first-order valence-electron chi connectivity index (χ1n) is 29.1. The number of piperidine rings is 2. The molecule has 0 spiro atoms. The number of esters is 1. The Morgan fingerprint density at radius 3 is 1.84 bits per heavy atom. The Labute approximate surface area is 504 Å². The summed E-state index contributed by atoms with van der Waals surface area (Å²) in [5.74, 6) is -7.63. The molecular formula is C62H80N10O15. The third-order valence-electron chi connectivity index (χ3n) is 16.1. The van der Waals surface area contributed by atoms with E-state index in [4.69, 9.17) is 14.6 Å². The molecule has 7 rings (SSSR count). The van der Waals surface area contributed by atoms with E-state index in [0.717, 1.165) is 31.0 Å². The first-order valence-corrected chi connectivity index (χ1v) is 29.1. The molecule has 2 bridgehead atoms. The van der Waals surface area contributed by atoms with Gasteiger partial charge in [-0.1, -0.05) is 76.2 Å². The summed E-state index contributed by atoms with van der Waals surface area (Å²) in [6.07, 6.45) is 2.28. The maximum Gasteiger partial charge on any atom is 0.329 e. The van der Waals surface area contributed by atoms with E-state index in [9.17, 15) is 58.2 Å². The van der Waals surface area contributed by atoms with E-state index in [1.807, 2.05) is 26.0 Å². The number of hydrogen-bond donors (Lipinski definition) is 7. The lowest BCUT2D eigenvalue weighted by Crippen LogP contribution is -2.59. The first-order chi connectivity index (χ1) is 41.4. The highest BCUT2D eigenvalue weighted by Crippen LogP contribution is 2.32. The molecule has 87 heavy (non-hydrogen) atoms. The second-order valence-electron chi connectivity index (χ2n) is 23.0. The van der Waals surface area contributed by atoms with Gasteiger partial charge in [0.2, 0.25) is 41.4 Å². The summed E-state index contributed by atoms with van der Waals surface area (Å²) in [6.45, 7) is 4.62. The average molecular weight is 1210 g/mol. The molecule has 9 amide bonds. The number of fused-ring (bicyclic) bond motifs is 4. The van der Waals surface area contributed by atoms with E-state index in [1.54, 1.807) is 68.3 Å². The van der Waals surface area contributed by atoms with Crippen LogP contribution in [0.1, 0.15) is 80.5 Å². The minimum Gasteiger partial charge on any atom is -0.507 e. The number of aliphatic hydroxyl groups is 1. The lowest BCUT2D eigenvalue weighted by Gasteiger charge is -2.40. The number of likely N-dealkylation sites (N-methyl/N-ethyl adjacent to an activating group) is 4. The molecule has 5 atom stereocenters. The largest absolute Gasteiger partial charge is 0.507 e. The van der Waals surface area contributed by atoms with Crippen molar-refractivity contribution in [2.24, 2.45) is 11.8 Å². The topological polar surface area (TPSA) is 317 Å². The van der Waals surface area contributed by atoms with Crippen molar-refractivity contribution in [2.75, 3.05) is 93.9 Å². The molecule has 3 heterocycles. The Bertz CT molecular complexity index is 3300. The number of benzene rings is 4. The molecule has 0 unspecified atom stereocenters. The van der Waals surface area contributed by atoms with Gasteiger partial charge in [-0.05, 0) is 95.3 Å². The minimum atomic E-state index is -1.65. The number of carbonyl (C=O) groups excluding carboxylic acids is 10. The zero-order valence-corrected chi connectivity index (χ0v) is 50.5. The molecule has 468 valence electrons. The highest BCUT2D eigenvalue weighted by molar-refractivity contribution is 6.05. The Balaban J connectivity index is 1.01. The van der Waals surface area contributed by atoms with Crippen molar-refractivity contribution in [1.29, 1.82) is 0 Å². The second kappa shape index (κ2) is 29.5. The molecule has 2 fully saturated rings. The van der Waals surface area contributed by atoms with Gasteiger partial charge in [0, 0.05) is 47.8 Å². The maximum absolute atomic E-state index is 14.8. The fourth-order valence-electron chi connectivity index (χ4n) is 11.2. The van der Waals surface area contributed by atoms with Gasteiger partial charge in [0.15, 0.2) is 0 Å². The third kappa shape index (κ3) is 16.0. The van der Waals surface area contributed by atoms with Crippen molar-refractivity contribution >= 4 is 80.7 Å². The molecule has 0 radical (unpaired) electrons. The molecule has 4 aromatic carbocycles. The highest BCUT2D eigenvalue weighted by atomic mass is 16.5. The van der Waals surface area contributed by atoms with Crippen LogP contribution in [-0.4, -0.2) is 228 Å². The number of rotatable bonds is 23. The zero-order valence-electron chi connectivity index (χ0n) is 50.5. The monoisotopic (exact) mass is 1200 g/mol. The molecular weight excluding hydrogens is 1120 g/mol. The molecule has 25 nitrogen and oxygen atoms in total. The average Bonchev–Trinajstić information content (AvgIpc) is 2.11. The van der Waals surface area contributed by atoms with E-state index in [2.05, 4.69) is 21.3 Å². The molecule has 0 aromatic heterocycles. The molecule has 2 saturated heterocycles. The standard InChI is InChI=1S/C62H80N10O15/c1-36(2)54(56-42-20-15-22-71(30-42)60(83)45(33-86-56)65-57(80)43-24-38-16-9-11-18-40(38)26-48(43)74)69(7)52(78)31-68(6)51(77)29-64-59(82)47-21-13-14-23-72(47)61(84)46(66-58(81)44-25-39-17-10-12-19-41(39)27-49(44)75)34-87-62(85)55(37(3)4)70(8)53(79)32-67(5)50(76)28-63-35-73/h9-12,16-19,24-27,36-37,45-47,54-55,63,73-75H,13-15,20-23,28-35H2,1-8H3,(H,64,82)(H,65,80)(H,66,81)/t45-,46-,47+,54+,55+/m1/s1. The van der Waals surface area contributed by atoms with E-state index in [0.29, 0.717) is 48.8 Å². The van der Waals surface area contributed by atoms with Crippen LogP contribution >= 0.6 is 0 Å². The number of aromatic hydroxyl groups is 2. The molecule has 25 heteroatoms. The van der Waals surface area contributed by atoms with Gasteiger partial charge in [0.25, 0.3) is 11.8 Å². The number of nitrogens with zero attached hydrogens (tertiary/aromatic N) is 6. The van der Waals surface area contributed by atoms with Gasteiger partial charge in [-0.2, -0.15) is 0 Å². The van der Waals surface area contributed by atoms with Crippen LogP contribution in [0.25, 0.3) is 21.5 Å². The van der Waals surface area contributed by atoms with Gasteiger partial charge in [-0.15, -0.1) is 0 Å². The number of nitrogens with one attached hydrogen (secondary N) is 4. The number of carbonyl (C=O) groups is 10. The van der Waals surface area contributed by atoms with Crippen LogP contribution in [0.3, 0.4) is 0 Å². The number of hydrogen-bond acceptors (Lipinski definition) is 16. The Kier molecular flexibility index (Phi) is 22.3.